The average molecular weight is 265 g/mol. The van der Waals surface area contributed by atoms with Gasteiger partial charge < -0.3 is 43.6 Å². The van der Waals surface area contributed by atoms with Crippen LogP contribution in [-0.4, -0.2) is 0 Å². The number of hydrogen-bond donors (Lipinski definition) is 0. The third-order valence-electron chi connectivity index (χ3n) is 0.556. The van der Waals surface area contributed by atoms with Gasteiger partial charge in [0.25, 0.3) is 0 Å². The monoisotopic (exact) mass is 264 g/mol. The predicted octanol–water partition coefficient (Wildman–Crippen LogP) is -6.35. The molecule has 0 N–H and O–H groups in total. The molecule has 0 aliphatic carbocycles. The molecule has 0 spiro atoms. The van der Waals surface area contributed by atoms with Crippen molar-refractivity contribution in [1.29, 1.82) is 0 Å². The number of halogens is 3. The molecule has 12 heavy (non-hydrogen) atoms. The SMILES string of the molecule is C[CH-]C.[Cl-].[Cl-].[Cl-].[V].c1cc[cH-]c1. The smallest absolute Gasteiger partial charge is 0 e. The summed E-state index contributed by atoms with van der Waals surface area (Å²) in [5.41, 5.74) is 0. The van der Waals surface area contributed by atoms with Gasteiger partial charge in [-0.15, -0.1) is 0 Å². The molecule has 0 fully saturated rings. The molecule has 0 amide bonds. The first-order valence-electron chi connectivity index (χ1n) is 2.82. The Morgan fingerprint density at radius 3 is 1.25 bits per heavy atom. The quantitative estimate of drug-likeness (QED) is 0.410. The molecule has 1 rings (SSSR count). The van der Waals surface area contributed by atoms with Gasteiger partial charge in [0, 0.05) is 18.6 Å². The summed E-state index contributed by atoms with van der Waals surface area (Å²) in [5.74, 6) is 0. The summed E-state index contributed by atoms with van der Waals surface area (Å²) in [5, 5.41) is 0. The Hall–Kier alpha value is 0.804. The average Bonchev–Trinajstić information content (AvgIpc) is 2.17. The fourth-order valence-corrected chi connectivity index (χ4v) is 0.321. The molecule has 0 nitrogen and oxygen atoms in total. The molecular formula is C8H12Cl3V-5. The van der Waals surface area contributed by atoms with Crippen molar-refractivity contribution in [2.75, 3.05) is 0 Å². The molecule has 1 radical (unpaired) electrons. The van der Waals surface area contributed by atoms with Crippen LogP contribution in [-0.2, 0) is 18.6 Å². The fourth-order valence-electron chi connectivity index (χ4n) is 0.321. The molecule has 0 unspecified atom stereocenters. The van der Waals surface area contributed by atoms with Crippen molar-refractivity contribution < 1.29 is 55.8 Å². The molecule has 75 valence electrons. The second kappa shape index (κ2) is 29.8. The molecule has 0 saturated heterocycles. The Morgan fingerprint density at radius 2 is 1.17 bits per heavy atom. The van der Waals surface area contributed by atoms with E-state index in [1.54, 1.807) is 0 Å². The standard InChI is InChI=1S/C5H5.C3H7.3ClH.V/c1-2-4-5-3-1;1-3-2;;;;/h1-5H;3H,1-2H3;3*1H;/q2*-1;;;;/p-3. The van der Waals surface area contributed by atoms with E-state index in [1.807, 2.05) is 50.6 Å². The van der Waals surface area contributed by atoms with Gasteiger partial charge >= 0.3 is 0 Å². The van der Waals surface area contributed by atoms with Crippen LogP contribution in [0.4, 0.5) is 0 Å². The summed E-state index contributed by atoms with van der Waals surface area (Å²) in [7, 11) is 0. The van der Waals surface area contributed by atoms with E-state index < -0.39 is 0 Å². The van der Waals surface area contributed by atoms with Gasteiger partial charge in [-0.05, 0) is 0 Å². The topological polar surface area (TPSA) is 0 Å². The minimum absolute atomic E-state index is 0. The van der Waals surface area contributed by atoms with Crippen LogP contribution in [0.3, 0.4) is 0 Å². The van der Waals surface area contributed by atoms with E-state index >= 15 is 0 Å². The van der Waals surface area contributed by atoms with Crippen LogP contribution in [0.25, 0.3) is 0 Å². The summed E-state index contributed by atoms with van der Waals surface area (Å²) < 4.78 is 0. The third-order valence-corrected chi connectivity index (χ3v) is 0.556. The molecule has 0 aliphatic heterocycles. The van der Waals surface area contributed by atoms with Crippen molar-refractivity contribution in [2.24, 2.45) is 0 Å². The van der Waals surface area contributed by atoms with Crippen molar-refractivity contribution in [3.05, 3.63) is 36.8 Å². The second-order valence-corrected chi connectivity index (χ2v) is 1.54. The van der Waals surface area contributed by atoms with E-state index in [0.29, 0.717) is 0 Å². The van der Waals surface area contributed by atoms with Crippen LogP contribution >= 0.6 is 0 Å². The van der Waals surface area contributed by atoms with Crippen molar-refractivity contribution in [3.8, 4) is 0 Å². The van der Waals surface area contributed by atoms with Crippen LogP contribution in [0.5, 0.6) is 0 Å². The second-order valence-electron chi connectivity index (χ2n) is 1.54. The van der Waals surface area contributed by atoms with Crippen LogP contribution in [0, 0.1) is 6.42 Å². The summed E-state index contributed by atoms with van der Waals surface area (Å²) >= 11 is 0. The Kier molecular flexibility index (Phi) is 72.7. The fraction of sp³-hybridized carbons (Fsp3) is 0.250. The van der Waals surface area contributed by atoms with Gasteiger partial charge in [0.05, 0.1) is 0 Å². The summed E-state index contributed by atoms with van der Waals surface area (Å²) in [6, 6.07) is 10.0. The van der Waals surface area contributed by atoms with Gasteiger partial charge in [0.15, 0.2) is 0 Å². The first-order chi connectivity index (χ1) is 3.91. The van der Waals surface area contributed by atoms with Crippen LogP contribution in [0.15, 0.2) is 30.3 Å². The Morgan fingerprint density at radius 1 is 0.917 bits per heavy atom. The molecule has 0 bridgehead atoms. The van der Waals surface area contributed by atoms with E-state index in [0.717, 1.165) is 0 Å². The van der Waals surface area contributed by atoms with E-state index in [4.69, 9.17) is 0 Å². The van der Waals surface area contributed by atoms with Crippen molar-refractivity contribution in [3.63, 3.8) is 0 Å². The maximum Gasteiger partial charge on any atom is 0 e. The zero-order chi connectivity index (χ0) is 6.24. The minimum Gasteiger partial charge on any atom is -1.00 e. The van der Waals surface area contributed by atoms with Gasteiger partial charge in [-0.2, -0.15) is 32.0 Å². The molecule has 0 heterocycles. The van der Waals surface area contributed by atoms with Crippen LogP contribution in [0.2, 0.25) is 0 Å². The van der Waals surface area contributed by atoms with E-state index in [2.05, 4.69) is 0 Å². The molecular weight excluding hydrogens is 253 g/mol. The molecule has 0 aromatic heterocycles. The first-order valence-corrected chi connectivity index (χ1v) is 2.82. The van der Waals surface area contributed by atoms with Gasteiger partial charge in [-0.25, -0.2) is 12.1 Å². The minimum atomic E-state index is 0. The van der Waals surface area contributed by atoms with Gasteiger partial charge in [-0.3, -0.25) is 0 Å². The molecule has 0 aliphatic rings. The van der Waals surface area contributed by atoms with Gasteiger partial charge in [-0.1, -0.05) is 0 Å². The summed E-state index contributed by atoms with van der Waals surface area (Å²) in [4.78, 5) is 0. The van der Waals surface area contributed by atoms with E-state index in [9.17, 15) is 0 Å². The third kappa shape index (κ3) is 30.8. The molecule has 1 aromatic carbocycles. The molecule has 4 heteroatoms. The largest absolute Gasteiger partial charge is 1.00 e. The van der Waals surface area contributed by atoms with Crippen LogP contribution < -0.4 is 37.2 Å². The van der Waals surface area contributed by atoms with Crippen molar-refractivity contribution in [1.82, 2.24) is 0 Å². The number of hydrogen-bond acceptors (Lipinski definition) is 0. The van der Waals surface area contributed by atoms with E-state index in [-0.39, 0.29) is 55.8 Å². The molecule has 1 aromatic rings. The normalized spacial score (nSPS) is 4.83. The summed E-state index contributed by atoms with van der Waals surface area (Å²) in [6.07, 6.45) is 2.00. The van der Waals surface area contributed by atoms with Crippen LogP contribution in [0.1, 0.15) is 13.8 Å². The zero-order valence-electron chi connectivity index (χ0n) is 7.05. The van der Waals surface area contributed by atoms with Gasteiger partial charge in [0.2, 0.25) is 0 Å². The predicted molar refractivity (Wildman–Crippen MR) is 37.7 cm³/mol. The van der Waals surface area contributed by atoms with E-state index in [1.165, 1.54) is 0 Å². The first kappa shape index (κ1) is 29.3. The Bertz CT molecular complexity index is 81.2. The molecule has 0 saturated carbocycles. The van der Waals surface area contributed by atoms with Crippen molar-refractivity contribution >= 4 is 0 Å². The zero-order valence-corrected chi connectivity index (χ0v) is 10.7. The van der Waals surface area contributed by atoms with Crippen molar-refractivity contribution in [2.45, 2.75) is 13.8 Å². The maximum atomic E-state index is 2.00. The van der Waals surface area contributed by atoms with Gasteiger partial charge in [0.1, 0.15) is 0 Å². The summed E-state index contributed by atoms with van der Waals surface area (Å²) in [6.45, 7) is 4.00. The number of rotatable bonds is 0. The molecule has 0 atom stereocenters. The Balaban J connectivity index is -0.0000000219. The maximum absolute atomic E-state index is 2.00. The Labute approximate surface area is 106 Å².